The van der Waals surface area contributed by atoms with Crippen LogP contribution in [0.1, 0.15) is 25.3 Å². The van der Waals surface area contributed by atoms with E-state index >= 15 is 0 Å². The summed E-state index contributed by atoms with van der Waals surface area (Å²) in [7, 11) is 3.08. The summed E-state index contributed by atoms with van der Waals surface area (Å²) in [4.78, 5) is 25.4. The minimum absolute atomic E-state index is 0.142. The zero-order valence-electron chi connectivity index (χ0n) is 13.1. The molecular formula is C16H21NO5. The molecule has 120 valence electrons. The number of nitrogens with zero attached hydrogens (tertiary/aromatic N) is 1. The Kier molecular flexibility index (Phi) is 4.59. The van der Waals surface area contributed by atoms with Crippen LogP contribution >= 0.6 is 0 Å². The van der Waals surface area contributed by atoms with Crippen LogP contribution in [0.4, 0.5) is 0 Å². The number of carboxylic acids is 1. The standard InChI is InChI=1S/C16H21NO5/c1-16(15(19)20)7-4-8-17(16)14(18)10-11-5-6-12(21-2)13(9-11)22-3/h5-6,9H,4,7-8,10H2,1-3H3,(H,19,20). The Morgan fingerprint density at radius 1 is 1.27 bits per heavy atom. The number of aliphatic carboxylic acids is 1. The maximum Gasteiger partial charge on any atom is 0.329 e. The molecule has 1 N–H and O–H groups in total. The molecular weight excluding hydrogens is 286 g/mol. The summed E-state index contributed by atoms with van der Waals surface area (Å²) < 4.78 is 10.4. The van der Waals surface area contributed by atoms with Crippen LogP contribution in [-0.4, -0.2) is 48.2 Å². The zero-order valence-corrected chi connectivity index (χ0v) is 13.1. The number of amides is 1. The highest BCUT2D eigenvalue weighted by atomic mass is 16.5. The summed E-state index contributed by atoms with van der Waals surface area (Å²) in [6.07, 6.45) is 1.34. The Morgan fingerprint density at radius 3 is 2.55 bits per heavy atom. The van der Waals surface area contributed by atoms with Gasteiger partial charge in [-0.25, -0.2) is 4.79 Å². The van der Waals surface area contributed by atoms with Gasteiger partial charge in [-0.05, 0) is 37.5 Å². The van der Waals surface area contributed by atoms with Gasteiger partial charge in [0.1, 0.15) is 5.54 Å². The molecule has 0 aliphatic carbocycles. The predicted molar refractivity (Wildman–Crippen MR) is 80.2 cm³/mol. The number of carboxylic acid groups (broad SMARTS) is 1. The summed E-state index contributed by atoms with van der Waals surface area (Å²) in [6, 6.07) is 5.26. The second-order valence-corrected chi connectivity index (χ2v) is 5.59. The van der Waals surface area contributed by atoms with Gasteiger partial charge in [0.25, 0.3) is 0 Å². The minimum Gasteiger partial charge on any atom is -0.493 e. The molecule has 1 unspecified atom stereocenters. The first-order chi connectivity index (χ1) is 10.4. The number of methoxy groups -OCH3 is 2. The van der Waals surface area contributed by atoms with Gasteiger partial charge in [0.2, 0.25) is 5.91 Å². The summed E-state index contributed by atoms with van der Waals surface area (Å²) >= 11 is 0. The Balaban J connectivity index is 2.17. The van der Waals surface area contributed by atoms with Gasteiger partial charge < -0.3 is 19.5 Å². The van der Waals surface area contributed by atoms with Gasteiger partial charge in [-0.3, -0.25) is 4.79 Å². The normalized spacial score (nSPS) is 20.8. The van der Waals surface area contributed by atoms with E-state index in [2.05, 4.69) is 0 Å². The molecule has 0 bridgehead atoms. The molecule has 1 aromatic carbocycles. The fraction of sp³-hybridized carbons (Fsp3) is 0.500. The van der Waals surface area contributed by atoms with Gasteiger partial charge in [0, 0.05) is 6.54 Å². The van der Waals surface area contributed by atoms with Crippen molar-refractivity contribution in [2.45, 2.75) is 31.7 Å². The zero-order chi connectivity index (χ0) is 16.3. The lowest BCUT2D eigenvalue weighted by Crippen LogP contribution is -2.51. The van der Waals surface area contributed by atoms with Crippen LogP contribution in [0.25, 0.3) is 0 Å². The number of likely N-dealkylation sites (tertiary alicyclic amines) is 1. The molecule has 22 heavy (non-hydrogen) atoms. The third-order valence-corrected chi connectivity index (χ3v) is 4.21. The number of carbonyl (C=O) groups excluding carboxylic acids is 1. The maximum atomic E-state index is 12.5. The third kappa shape index (κ3) is 2.86. The Morgan fingerprint density at radius 2 is 1.95 bits per heavy atom. The highest BCUT2D eigenvalue weighted by Gasteiger charge is 2.45. The Bertz CT molecular complexity index is 586. The monoisotopic (exact) mass is 307 g/mol. The number of hydrogen-bond acceptors (Lipinski definition) is 4. The summed E-state index contributed by atoms with van der Waals surface area (Å²) in [5.41, 5.74) is -0.338. The quantitative estimate of drug-likeness (QED) is 0.896. The second-order valence-electron chi connectivity index (χ2n) is 5.59. The fourth-order valence-electron chi connectivity index (χ4n) is 2.85. The SMILES string of the molecule is COc1ccc(CC(=O)N2CCCC2(C)C(=O)O)cc1OC. The van der Waals surface area contributed by atoms with E-state index in [9.17, 15) is 14.7 Å². The molecule has 1 heterocycles. The van der Waals surface area contributed by atoms with E-state index in [4.69, 9.17) is 9.47 Å². The average Bonchev–Trinajstić information content (AvgIpc) is 2.90. The van der Waals surface area contributed by atoms with E-state index in [0.717, 1.165) is 5.56 Å². The molecule has 1 atom stereocenters. The van der Waals surface area contributed by atoms with Crippen molar-refractivity contribution in [2.75, 3.05) is 20.8 Å². The molecule has 1 aliphatic rings. The van der Waals surface area contributed by atoms with E-state index in [-0.39, 0.29) is 12.3 Å². The molecule has 1 amide bonds. The van der Waals surface area contributed by atoms with Crippen molar-refractivity contribution in [3.63, 3.8) is 0 Å². The van der Waals surface area contributed by atoms with Crippen molar-refractivity contribution in [1.29, 1.82) is 0 Å². The van der Waals surface area contributed by atoms with Crippen molar-refractivity contribution in [1.82, 2.24) is 4.90 Å². The van der Waals surface area contributed by atoms with Crippen molar-refractivity contribution >= 4 is 11.9 Å². The molecule has 0 spiro atoms. The molecule has 6 heteroatoms. The molecule has 6 nitrogen and oxygen atoms in total. The van der Waals surface area contributed by atoms with Crippen LogP contribution in [0.5, 0.6) is 11.5 Å². The van der Waals surface area contributed by atoms with E-state index in [1.807, 2.05) is 0 Å². The van der Waals surface area contributed by atoms with E-state index in [0.29, 0.717) is 30.9 Å². The van der Waals surface area contributed by atoms with Crippen molar-refractivity contribution in [3.8, 4) is 11.5 Å². The number of rotatable bonds is 5. The lowest BCUT2D eigenvalue weighted by molar-refractivity contribution is -0.155. The van der Waals surface area contributed by atoms with Gasteiger partial charge in [0.05, 0.1) is 20.6 Å². The maximum absolute atomic E-state index is 12.5. The molecule has 0 aromatic heterocycles. The topological polar surface area (TPSA) is 76.1 Å². The fourth-order valence-corrected chi connectivity index (χ4v) is 2.85. The number of hydrogen-bond donors (Lipinski definition) is 1. The molecule has 1 aliphatic heterocycles. The molecule has 0 saturated carbocycles. The molecule has 1 fully saturated rings. The Hall–Kier alpha value is -2.24. The van der Waals surface area contributed by atoms with Gasteiger partial charge in [-0.2, -0.15) is 0 Å². The lowest BCUT2D eigenvalue weighted by atomic mass is 9.98. The summed E-state index contributed by atoms with van der Waals surface area (Å²) in [5, 5.41) is 9.38. The van der Waals surface area contributed by atoms with Crippen LogP contribution in [-0.2, 0) is 16.0 Å². The van der Waals surface area contributed by atoms with Gasteiger partial charge >= 0.3 is 5.97 Å². The second kappa shape index (κ2) is 6.25. The number of benzene rings is 1. The molecule has 0 radical (unpaired) electrons. The van der Waals surface area contributed by atoms with Crippen molar-refractivity contribution < 1.29 is 24.2 Å². The average molecular weight is 307 g/mol. The summed E-state index contributed by atoms with van der Waals surface area (Å²) in [5.74, 6) is 0.00532. The first-order valence-electron chi connectivity index (χ1n) is 7.17. The molecule has 1 aromatic rings. The van der Waals surface area contributed by atoms with Crippen LogP contribution in [0.15, 0.2) is 18.2 Å². The minimum atomic E-state index is -1.10. The smallest absolute Gasteiger partial charge is 0.329 e. The summed E-state index contributed by atoms with van der Waals surface area (Å²) in [6.45, 7) is 2.09. The first kappa shape index (κ1) is 16.1. The van der Waals surface area contributed by atoms with Crippen LogP contribution in [0.2, 0.25) is 0 Å². The van der Waals surface area contributed by atoms with E-state index < -0.39 is 11.5 Å². The number of carbonyl (C=O) groups is 2. The van der Waals surface area contributed by atoms with Crippen LogP contribution < -0.4 is 9.47 Å². The number of ether oxygens (including phenoxy) is 2. The van der Waals surface area contributed by atoms with E-state index in [1.165, 1.54) is 12.0 Å². The highest BCUT2D eigenvalue weighted by molar-refractivity contribution is 5.88. The Labute approximate surface area is 129 Å². The van der Waals surface area contributed by atoms with Gasteiger partial charge in [-0.15, -0.1) is 0 Å². The molecule has 1 saturated heterocycles. The van der Waals surface area contributed by atoms with Crippen LogP contribution in [0, 0.1) is 0 Å². The van der Waals surface area contributed by atoms with Crippen LogP contribution in [0.3, 0.4) is 0 Å². The predicted octanol–water partition coefficient (Wildman–Crippen LogP) is 1.71. The largest absolute Gasteiger partial charge is 0.493 e. The van der Waals surface area contributed by atoms with Gasteiger partial charge in [0.15, 0.2) is 11.5 Å². The first-order valence-corrected chi connectivity index (χ1v) is 7.17. The van der Waals surface area contributed by atoms with Crippen molar-refractivity contribution in [3.05, 3.63) is 23.8 Å². The molecule has 2 rings (SSSR count). The lowest BCUT2D eigenvalue weighted by Gasteiger charge is -2.31. The third-order valence-electron chi connectivity index (χ3n) is 4.21. The highest BCUT2D eigenvalue weighted by Crippen LogP contribution is 2.31. The van der Waals surface area contributed by atoms with E-state index in [1.54, 1.807) is 32.2 Å². The van der Waals surface area contributed by atoms with Gasteiger partial charge in [-0.1, -0.05) is 6.07 Å². The van der Waals surface area contributed by atoms with Crippen molar-refractivity contribution in [2.24, 2.45) is 0 Å².